The molecule has 5 rings (SSSR count). The molecule has 2 atom stereocenters. The fourth-order valence-corrected chi connectivity index (χ4v) is 4.93. The van der Waals surface area contributed by atoms with Crippen molar-refractivity contribution < 1.29 is 9.21 Å². The Kier molecular flexibility index (Phi) is 3.40. The van der Waals surface area contributed by atoms with Crippen LogP contribution >= 0.6 is 0 Å². The summed E-state index contributed by atoms with van der Waals surface area (Å²) in [6, 6.07) is 5.26. The van der Waals surface area contributed by atoms with Crippen molar-refractivity contribution in [2.24, 2.45) is 0 Å². The lowest BCUT2D eigenvalue weighted by atomic mass is 10.0. The van der Waals surface area contributed by atoms with Gasteiger partial charge >= 0.3 is 0 Å². The molecule has 2 bridgehead atoms. The van der Waals surface area contributed by atoms with Gasteiger partial charge in [0.15, 0.2) is 0 Å². The summed E-state index contributed by atoms with van der Waals surface area (Å²) in [5, 5.41) is 4.61. The van der Waals surface area contributed by atoms with E-state index >= 15 is 0 Å². The van der Waals surface area contributed by atoms with E-state index < -0.39 is 0 Å². The van der Waals surface area contributed by atoms with E-state index in [0.29, 0.717) is 18.5 Å². The maximum absolute atomic E-state index is 13.0. The molecule has 0 saturated carbocycles. The molecule has 4 nitrogen and oxygen atoms in total. The zero-order valence-corrected chi connectivity index (χ0v) is 14.0. The SMILES string of the molecule is O=C(Cc1coc2cc3c(cc12)CCC3)N1C2CCNCC1CC2. The lowest BCUT2D eigenvalue weighted by Gasteiger charge is -2.27. The third kappa shape index (κ3) is 2.27. The molecule has 126 valence electrons. The molecule has 0 spiro atoms. The standard InChI is InChI=1S/C20H24N2O2/c23-20(22-16-4-5-17(22)11-21-7-6-16)10-15-12-24-19-9-14-3-1-2-13(14)8-18(15)19/h8-9,12,16-17,21H,1-7,10-11H2. The number of rotatable bonds is 2. The third-order valence-electron chi connectivity index (χ3n) is 6.15. The number of carbonyl (C=O) groups is 1. The van der Waals surface area contributed by atoms with Crippen molar-refractivity contribution in [3.63, 3.8) is 0 Å². The average Bonchev–Trinajstić information content (AvgIpc) is 3.22. The molecule has 1 aliphatic carbocycles. The zero-order chi connectivity index (χ0) is 16.1. The number of carbonyl (C=O) groups excluding carboxylic acids is 1. The molecule has 1 aromatic carbocycles. The Bertz CT molecular complexity index is 780. The Morgan fingerprint density at radius 1 is 1.17 bits per heavy atom. The molecule has 2 unspecified atom stereocenters. The minimum absolute atomic E-state index is 0.273. The van der Waals surface area contributed by atoms with E-state index in [1.54, 1.807) is 6.26 Å². The van der Waals surface area contributed by atoms with Gasteiger partial charge in [-0.05, 0) is 68.3 Å². The fourth-order valence-electron chi connectivity index (χ4n) is 4.93. The highest BCUT2D eigenvalue weighted by atomic mass is 16.3. The Balaban J connectivity index is 1.43. The van der Waals surface area contributed by atoms with Gasteiger partial charge in [0.25, 0.3) is 0 Å². The maximum atomic E-state index is 13.0. The van der Waals surface area contributed by atoms with Gasteiger partial charge in [-0.3, -0.25) is 4.79 Å². The quantitative estimate of drug-likeness (QED) is 0.924. The van der Waals surface area contributed by atoms with Gasteiger partial charge < -0.3 is 14.6 Å². The first-order valence-electron chi connectivity index (χ1n) is 9.33. The Hall–Kier alpha value is -1.81. The molecule has 1 aromatic heterocycles. The van der Waals surface area contributed by atoms with Crippen molar-refractivity contribution in [3.8, 4) is 0 Å². The number of amides is 1. The first-order chi connectivity index (χ1) is 11.8. The number of hydrogen-bond donors (Lipinski definition) is 1. The number of furan rings is 1. The summed E-state index contributed by atoms with van der Waals surface area (Å²) in [6.45, 7) is 1.98. The van der Waals surface area contributed by atoms with Crippen LogP contribution in [0, 0.1) is 0 Å². The summed E-state index contributed by atoms with van der Waals surface area (Å²) in [6.07, 6.45) is 9.22. The lowest BCUT2D eigenvalue weighted by molar-refractivity contribution is -0.133. The minimum Gasteiger partial charge on any atom is -0.464 e. The molecule has 2 aliphatic heterocycles. The highest BCUT2D eigenvalue weighted by Crippen LogP contribution is 2.32. The van der Waals surface area contributed by atoms with E-state index in [4.69, 9.17) is 4.42 Å². The summed E-state index contributed by atoms with van der Waals surface area (Å²) in [5.41, 5.74) is 4.86. The topological polar surface area (TPSA) is 45.5 Å². The summed E-state index contributed by atoms with van der Waals surface area (Å²) in [4.78, 5) is 15.2. The van der Waals surface area contributed by atoms with E-state index in [9.17, 15) is 4.79 Å². The molecule has 0 radical (unpaired) electrons. The van der Waals surface area contributed by atoms with Crippen LogP contribution in [0.2, 0.25) is 0 Å². The molecule has 1 N–H and O–H groups in total. The first kappa shape index (κ1) is 14.5. The van der Waals surface area contributed by atoms with Crippen molar-refractivity contribution in [1.82, 2.24) is 10.2 Å². The zero-order valence-electron chi connectivity index (χ0n) is 14.0. The van der Waals surface area contributed by atoms with Gasteiger partial charge in [0, 0.05) is 29.6 Å². The number of fused-ring (bicyclic) bond motifs is 4. The van der Waals surface area contributed by atoms with Crippen molar-refractivity contribution in [2.75, 3.05) is 13.1 Å². The molecule has 2 aromatic rings. The molecule has 2 fully saturated rings. The van der Waals surface area contributed by atoms with Gasteiger partial charge in [-0.2, -0.15) is 0 Å². The van der Waals surface area contributed by atoms with Crippen LogP contribution in [0.5, 0.6) is 0 Å². The van der Waals surface area contributed by atoms with Gasteiger partial charge in [0.05, 0.1) is 12.7 Å². The monoisotopic (exact) mass is 324 g/mol. The van der Waals surface area contributed by atoms with Crippen LogP contribution < -0.4 is 5.32 Å². The van der Waals surface area contributed by atoms with Crippen molar-refractivity contribution in [3.05, 3.63) is 35.1 Å². The van der Waals surface area contributed by atoms with Gasteiger partial charge in [0.1, 0.15) is 5.58 Å². The lowest BCUT2D eigenvalue weighted by Crippen LogP contribution is -2.43. The molecular formula is C20H24N2O2. The van der Waals surface area contributed by atoms with Gasteiger partial charge in [0.2, 0.25) is 5.91 Å². The van der Waals surface area contributed by atoms with Crippen LogP contribution in [-0.4, -0.2) is 36.0 Å². The molecule has 24 heavy (non-hydrogen) atoms. The minimum atomic E-state index is 0.273. The molecule has 2 saturated heterocycles. The Morgan fingerprint density at radius 2 is 2.00 bits per heavy atom. The van der Waals surface area contributed by atoms with Crippen molar-refractivity contribution >= 4 is 16.9 Å². The van der Waals surface area contributed by atoms with Gasteiger partial charge in [-0.25, -0.2) is 0 Å². The third-order valence-corrected chi connectivity index (χ3v) is 6.15. The summed E-state index contributed by atoms with van der Waals surface area (Å²) < 4.78 is 5.77. The van der Waals surface area contributed by atoms with Crippen molar-refractivity contribution in [1.29, 1.82) is 0 Å². The van der Waals surface area contributed by atoms with Crippen LogP contribution in [-0.2, 0) is 24.1 Å². The molecule has 4 heteroatoms. The summed E-state index contributed by atoms with van der Waals surface area (Å²) >= 11 is 0. The second-order valence-corrected chi connectivity index (χ2v) is 7.59. The molecule has 3 aliphatic rings. The highest BCUT2D eigenvalue weighted by molar-refractivity contribution is 5.89. The maximum Gasteiger partial charge on any atom is 0.227 e. The van der Waals surface area contributed by atoms with E-state index in [2.05, 4.69) is 22.3 Å². The highest BCUT2D eigenvalue weighted by Gasteiger charge is 2.37. The van der Waals surface area contributed by atoms with E-state index in [0.717, 1.165) is 61.7 Å². The first-order valence-corrected chi connectivity index (χ1v) is 9.33. The van der Waals surface area contributed by atoms with E-state index in [1.165, 1.54) is 17.5 Å². The van der Waals surface area contributed by atoms with Gasteiger partial charge in [-0.15, -0.1) is 0 Å². The Labute approximate surface area is 142 Å². The summed E-state index contributed by atoms with van der Waals surface area (Å²) in [5.74, 6) is 0.273. The number of aryl methyl sites for hydroxylation is 2. The molecule has 1 amide bonds. The second kappa shape index (κ2) is 5.62. The second-order valence-electron chi connectivity index (χ2n) is 7.59. The fraction of sp³-hybridized carbons (Fsp3) is 0.550. The summed E-state index contributed by atoms with van der Waals surface area (Å²) in [7, 11) is 0. The Morgan fingerprint density at radius 3 is 2.92 bits per heavy atom. The molecule has 3 heterocycles. The number of hydrogen-bond acceptors (Lipinski definition) is 3. The number of nitrogens with zero attached hydrogens (tertiary/aromatic N) is 1. The number of nitrogens with one attached hydrogen (secondary N) is 1. The number of benzene rings is 1. The predicted molar refractivity (Wildman–Crippen MR) is 93.1 cm³/mol. The van der Waals surface area contributed by atoms with Crippen LogP contribution in [0.3, 0.4) is 0 Å². The molecular weight excluding hydrogens is 300 g/mol. The largest absolute Gasteiger partial charge is 0.464 e. The van der Waals surface area contributed by atoms with E-state index in [1.807, 2.05) is 0 Å². The van der Waals surface area contributed by atoms with Crippen LogP contribution in [0.4, 0.5) is 0 Å². The van der Waals surface area contributed by atoms with Crippen LogP contribution in [0.15, 0.2) is 22.8 Å². The van der Waals surface area contributed by atoms with E-state index in [-0.39, 0.29) is 5.91 Å². The predicted octanol–water partition coefficient (Wildman–Crippen LogP) is 2.82. The smallest absolute Gasteiger partial charge is 0.227 e. The average molecular weight is 324 g/mol. The van der Waals surface area contributed by atoms with Crippen LogP contribution in [0.25, 0.3) is 11.0 Å². The van der Waals surface area contributed by atoms with Crippen LogP contribution in [0.1, 0.15) is 42.4 Å². The van der Waals surface area contributed by atoms with Crippen molar-refractivity contribution in [2.45, 2.75) is 57.0 Å². The van der Waals surface area contributed by atoms with Gasteiger partial charge in [-0.1, -0.05) is 0 Å². The normalized spacial score (nSPS) is 25.9.